The Morgan fingerprint density at radius 1 is 1.12 bits per heavy atom. The highest BCUT2D eigenvalue weighted by molar-refractivity contribution is 5.95. The lowest BCUT2D eigenvalue weighted by Gasteiger charge is -2.15. The van der Waals surface area contributed by atoms with E-state index in [1.54, 1.807) is 6.92 Å². The van der Waals surface area contributed by atoms with E-state index in [0.717, 1.165) is 16.5 Å². The highest BCUT2D eigenvalue weighted by atomic mass is 16.5. The molecule has 0 aliphatic rings. The van der Waals surface area contributed by atoms with Crippen LogP contribution in [0.25, 0.3) is 22.1 Å². The Balaban J connectivity index is 2.19. The van der Waals surface area contributed by atoms with E-state index in [1.807, 2.05) is 49.4 Å². The van der Waals surface area contributed by atoms with Crippen molar-refractivity contribution in [2.24, 2.45) is 0 Å². The number of ether oxygens (including phenoxy) is 1. The fourth-order valence-electron chi connectivity index (χ4n) is 2.60. The first-order chi connectivity index (χ1) is 11.5. The SMILES string of the molecule is CC(=O)C(C)Oc1ccc2c(-c3ccccc3)cc(=O)oc2c1C. The molecule has 1 heterocycles. The molecule has 0 aliphatic carbocycles. The number of ketones is 1. The van der Waals surface area contributed by atoms with Gasteiger partial charge in [-0.1, -0.05) is 30.3 Å². The topological polar surface area (TPSA) is 56.5 Å². The maximum atomic E-state index is 12.0. The van der Waals surface area contributed by atoms with Crippen LogP contribution in [0.1, 0.15) is 19.4 Å². The van der Waals surface area contributed by atoms with Gasteiger partial charge in [0.1, 0.15) is 11.3 Å². The minimum absolute atomic E-state index is 0.0611. The van der Waals surface area contributed by atoms with Crippen molar-refractivity contribution in [2.45, 2.75) is 26.9 Å². The van der Waals surface area contributed by atoms with E-state index < -0.39 is 11.7 Å². The monoisotopic (exact) mass is 322 g/mol. The first kappa shape index (κ1) is 16.0. The maximum Gasteiger partial charge on any atom is 0.336 e. The molecule has 0 N–H and O–H groups in total. The number of carbonyl (C=O) groups excluding carboxylic acids is 1. The molecule has 1 aromatic heterocycles. The number of Topliss-reactive ketones (excluding diaryl/α,β-unsaturated/α-hetero) is 1. The molecule has 2 aromatic carbocycles. The first-order valence-electron chi connectivity index (χ1n) is 7.77. The first-order valence-corrected chi connectivity index (χ1v) is 7.77. The minimum atomic E-state index is -0.551. The molecule has 3 rings (SSSR count). The Hall–Kier alpha value is -2.88. The predicted molar refractivity (Wildman–Crippen MR) is 93.4 cm³/mol. The van der Waals surface area contributed by atoms with Gasteiger partial charge in [0, 0.05) is 17.0 Å². The lowest BCUT2D eigenvalue weighted by atomic mass is 10.00. The van der Waals surface area contributed by atoms with E-state index in [2.05, 4.69) is 0 Å². The second kappa shape index (κ2) is 6.32. The molecule has 4 nitrogen and oxygen atoms in total. The fourth-order valence-corrected chi connectivity index (χ4v) is 2.60. The predicted octanol–water partition coefficient (Wildman–Crippen LogP) is 4.12. The van der Waals surface area contributed by atoms with Crippen LogP contribution in [-0.2, 0) is 4.79 Å². The zero-order chi connectivity index (χ0) is 17.3. The number of carbonyl (C=O) groups is 1. The number of benzene rings is 2. The molecule has 3 aromatic rings. The van der Waals surface area contributed by atoms with Gasteiger partial charge in [0.15, 0.2) is 11.9 Å². The molecule has 0 saturated heterocycles. The van der Waals surface area contributed by atoms with E-state index in [4.69, 9.17) is 9.15 Å². The zero-order valence-electron chi connectivity index (χ0n) is 13.8. The molecule has 0 aliphatic heterocycles. The van der Waals surface area contributed by atoms with Gasteiger partial charge in [-0.2, -0.15) is 0 Å². The van der Waals surface area contributed by atoms with Gasteiger partial charge in [-0.25, -0.2) is 4.79 Å². The maximum absolute atomic E-state index is 12.0. The van der Waals surface area contributed by atoms with Crippen LogP contribution in [0.4, 0.5) is 0 Å². The largest absolute Gasteiger partial charge is 0.483 e. The summed E-state index contributed by atoms with van der Waals surface area (Å²) < 4.78 is 11.1. The van der Waals surface area contributed by atoms with E-state index in [-0.39, 0.29) is 5.78 Å². The van der Waals surface area contributed by atoms with Crippen molar-refractivity contribution in [3.05, 3.63) is 64.5 Å². The van der Waals surface area contributed by atoms with Gasteiger partial charge in [-0.15, -0.1) is 0 Å². The molecule has 0 fully saturated rings. The van der Waals surface area contributed by atoms with Gasteiger partial charge >= 0.3 is 5.63 Å². The third-order valence-electron chi connectivity index (χ3n) is 4.07. The summed E-state index contributed by atoms with van der Waals surface area (Å²) in [5, 5.41) is 0.834. The standard InChI is InChI=1S/C20H18O4/c1-12-18(23-14(3)13(2)21)10-9-16-17(11-19(22)24-20(12)16)15-7-5-4-6-8-15/h4-11,14H,1-3H3. The summed E-state index contributed by atoms with van der Waals surface area (Å²) in [6.07, 6.45) is -0.551. The van der Waals surface area contributed by atoms with Gasteiger partial charge in [0.2, 0.25) is 0 Å². The van der Waals surface area contributed by atoms with Crippen molar-refractivity contribution in [1.82, 2.24) is 0 Å². The Bertz CT molecular complexity index is 955. The summed E-state index contributed by atoms with van der Waals surface area (Å²) in [5.74, 6) is 0.479. The van der Waals surface area contributed by atoms with Crippen molar-refractivity contribution >= 4 is 16.8 Å². The Morgan fingerprint density at radius 2 is 1.83 bits per heavy atom. The Labute approximate surface area is 139 Å². The second-order valence-corrected chi connectivity index (χ2v) is 5.78. The smallest absolute Gasteiger partial charge is 0.336 e. The average Bonchev–Trinajstić information content (AvgIpc) is 2.57. The van der Waals surface area contributed by atoms with E-state index in [1.165, 1.54) is 13.0 Å². The van der Waals surface area contributed by atoms with E-state index in [9.17, 15) is 9.59 Å². The highest BCUT2D eigenvalue weighted by Gasteiger charge is 2.16. The molecule has 0 spiro atoms. The van der Waals surface area contributed by atoms with Crippen LogP contribution in [0.2, 0.25) is 0 Å². The second-order valence-electron chi connectivity index (χ2n) is 5.78. The van der Waals surface area contributed by atoms with Crippen molar-refractivity contribution in [3.63, 3.8) is 0 Å². The van der Waals surface area contributed by atoms with Crippen LogP contribution in [-0.4, -0.2) is 11.9 Å². The van der Waals surface area contributed by atoms with Gasteiger partial charge < -0.3 is 9.15 Å². The van der Waals surface area contributed by atoms with Crippen molar-refractivity contribution in [2.75, 3.05) is 0 Å². The van der Waals surface area contributed by atoms with Crippen LogP contribution in [0.3, 0.4) is 0 Å². The summed E-state index contributed by atoms with van der Waals surface area (Å²) in [7, 11) is 0. The quantitative estimate of drug-likeness (QED) is 0.678. The Kier molecular flexibility index (Phi) is 4.21. The normalized spacial score (nSPS) is 12.1. The number of hydrogen-bond donors (Lipinski definition) is 0. The molecular weight excluding hydrogens is 304 g/mol. The number of aryl methyl sites for hydroxylation is 1. The third-order valence-corrected chi connectivity index (χ3v) is 4.07. The lowest BCUT2D eigenvalue weighted by molar-refractivity contribution is -0.122. The molecule has 1 atom stereocenters. The molecular formula is C20H18O4. The third kappa shape index (κ3) is 2.95. The summed E-state index contributed by atoms with van der Waals surface area (Å²) >= 11 is 0. The van der Waals surface area contributed by atoms with Crippen molar-refractivity contribution < 1.29 is 13.9 Å². The molecule has 24 heavy (non-hydrogen) atoms. The molecule has 0 saturated carbocycles. The molecule has 122 valence electrons. The molecule has 1 unspecified atom stereocenters. The van der Waals surface area contributed by atoms with Gasteiger partial charge in [-0.3, -0.25) is 4.79 Å². The Morgan fingerprint density at radius 3 is 2.50 bits per heavy atom. The lowest BCUT2D eigenvalue weighted by Crippen LogP contribution is -2.21. The van der Waals surface area contributed by atoms with Crippen LogP contribution < -0.4 is 10.4 Å². The average molecular weight is 322 g/mol. The summed E-state index contributed by atoms with van der Waals surface area (Å²) in [6, 6.07) is 14.8. The number of fused-ring (bicyclic) bond motifs is 1. The van der Waals surface area contributed by atoms with Crippen LogP contribution in [0, 0.1) is 6.92 Å². The molecule has 4 heteroatoms. The van der Waals surface area contributed by atoms with Gasteiger partial charge in [0.05, 0.1) is 0 Å². The summed E-state index contributed by atoms with van der Waals surface area (Å²) in [6.45, 7) is 5.00. The van der Waals surface area contributed by atoms with Crippen LogP contribution in [0.5, 0.6) is 5.75 Å². The zero-order valence-corrected chi connectivity index (χ0v) is 13.8. The van der Waals surface area contributed by atoms with E-state index in [0.29, 0.717) is 16.9 Å². The van der Waals surface area contributed by atoms with Crippen LogP contribution >= 0.6 is 0 Å². The summed E-state index contributed by atoms with van der Waals surface area (Å²) in [5.41, 5.74) is 2.53. The number of rotatable bonds is 4. The van der Waals surface area contributed by atoms with Gasteiger partial charge in [0.25, 0.3) is 0 Å². The molecule has 0 amide bonds. The molecule has 0 radical (unpaired) electrons. The van der Waals surface area contributed by atoms with Crippen molar-refractivity contribution in [1.29, 1.82) is 0 Å². The van der Waals surface area contributed by atoms with E-state index >= 15 is 0 Å². The fraction of sp³-hybridized carbons (Fsp3) is 0.200. The van der Waals surface area contributed by atoms with Gasteiger partial charge in [-0.05, 0) is 44.0 Å². The highest BCUT2D eigenvalue weighted by Crippen LogP contribution is 2.33. The van der Waals surface area contributed by atoms with Crippen molar-refractivity contribution in [3.8, 4) is 16.9 Å². The number of hydrogen-bond acceptors (Lipinski definition) is 4. The minimum Gasteiger partial charge on any atom is -0.483 e. The molecule has 0 bridgehead atoms. The van der Waals surface area contributed by atoms with Crippen LogP contribution in [0.15, 0.2) is 57.7 Å². The summed E-state index contributed by atoms with van der Waals surface area (Å²) in [4.78, 5) is 23.4.